The molecule has 0 aromatic rings. The molecule has 1 heterocycles. The second kappa shape index (κ2) is 5.71. The Kier molecular flexibility index (Phi) is 4.89. The molecule has 1 unspecified atom stereocenters. The summed E-state index contributed by atoms with van der Waals surface area (Å²) in [5.74, 6) is 0.282. The maximum absolute atomic E-state index is 11.6. The average molecular weight is 263 g/mol. The van der Waals surface area contributed by atoms with Crippen LogP contribution in [0.1, 0.15) is 20.3 Å². The van der Waals surface area contributed by atoms with Crippen LogP contribution in [0.25, 0.3) is 0 Å². The number of amides is 1. The van der Waals surface area contributed by atoms with Crippen molar-refractivity contribution in [2.75, 3.05) is 31.5 Å². The van der Waals surface area contributed by atoms with Crippen molar-refractivity contribution >= 4 is 21.8 Å². The first-order valence-electron chi connectivity index (χ1n) is 5.26. The highest BCUT2D eigenvalue weighted by atomic mass is 79.9. The molecule has 0 spiro atoms. The van der Waals surface area contributed by atoms with E-state index in [1.54, 1.807) is 0 Å². The van der Waals surface area contributed by atoms with E-state index < -0.39 is 0 Å². The van der Waals surface area contributed by atoms with Gasteiger partial charge < -0.3 is 4.90 Å². The van der Waals surface area contributed by atoms with Crippen LogP contribution in [0.4, 0.5) is 0 Å². The number of rotatable bonds is 3. The second-order valence-corrected chi connectivity index (χ2v) is 4.55. The molecule has 0 aliphatic carbocycles. The Hall–Kier alpha value is -0.0900. The molecular weight excluding hydrogens is 244 g/mol. The van der Waals surface area contributed by atoms with Gasteiger partial charge in [-0.05, 0) is 13.5 Å². The molecule has 1 saturated heterocycles. The molecule has 14 heavy (non-hydrogen) atoms. The molecule has 1 rings (SSSR count). The fourth-order valence-corrected chi connectivity index (χ4v) is 2.27. The van der Waals surface area contributed by atoms with Crippen molar-refractivity contribution in [1.29, 1.82) is 0 Å². The third-order valence-corrected chi connectivity index (χ3v) is 3.23. The molecule has 1 atom stereocenters. The maximum atomic E-state index is 11.6. The third kappa shape index (κ3) is 2.95. The van der Waals surface area contributed by atoms with Gasteiger partial charge in [-0.15, -0.1) is 0 Å². The van der Waals surface area contributed by atoms with Crippen molar-refractivity contribution in [3.05, 3.63) is 0 Å². The van der Waals surface area contributed by atoms with Crippen molar-refractivity contribution in [2.24, 2.45) is 0 Å². The molecule has 0 N–H and O–H groups in total. The first kappa shape index (κ1) is 12.0. The molecule has 3 nitrogen and oxygen atoms in total. The molecule has 1 aliphatic heterocycles. The minimum atomic E-state index is 0.282. The zero-order valence-electron chi connectivity index (χ0n) is 9.00. The van der Waals surface area contributed by atoms with Crippen molar-refractivity contribution in [3.63, 3.8) is 0 Å². The Morgan fingerprint density at radius 2 is 2.21 bits per heavy atom. The summed E-state index contributed by atoms with van der Waals surface area (Å²) in [5.41, 5.74) is 0. The highest BCUT2D eigenvalue weighted by molar-refractivity contribution is 9.09. The number of carbonyl (C=O) groups excluding carboxylic acids is 1. The normalized spacial score (nSPS) is 23.9. The summed E-state index contributed by atoms with van der Waals surface area (Å²) < 4.78 is 0. The van der Waals surface area contributed by atoms with Gasteiger partial charge in [-0.2, -0.15) is 0 Å². The Bertz CT molecular complexity index is 199. The number of piperazine rings is 1. The standard InChI is InChI=1S/C10H19BrN2O/c1-3-12-6-7-13(8-9(12)2)10(14)4-5-11/h9H,3-8H2,1-2H3. The quantitative estimate of drug-likeness (QED) is 0.717. The Labute approximate surface area is 94.6 Å². The van der Waals surface area contributed by atoms with E-state index in [9.17, 15) is 4.79 Å². The van der Waals surface area contributed by atoms with Crippen LogP contribution in [0.15, 0.2) is 0 Å². The monoisotopic (exact) mass is 262 g/mol. The molecule has 1 amide bonds. The lowest BCUT2D eigenvalue weighted by atomic mass is 10.2. The molecule has 0 bridgehead atoms. The summed E-state index contributed by atoms with van der Waals surface area (Å²) in [6, 6.07) is 0.507. The number of nitrogens with zero attached hydrogens (tertiary/aromatic N) is 2. The molecule has 0 saturated carbocycles. The lowest BCUT2D eigenvalue weighted by Crippen LogP contribution is -2.53. The van der Waals surface area contributed by atoms with Crippen LogP contribution in [-0.4, -0.2) is 53.3 Å². The van der Waals surface area contributed by atoms with Gasteiger partial charge >= 0.3 is 0 Å². The van der Waals surface area contributed by atoms with Gasteiger partial charge in [0.1, 0.15) is 0 Å². The highest BCUT2D eigenvalue weighted by Crippen LogP contribution is 2.10. The van der Waals surface area contributed by atoms with E-state index in [0.29, 0.717) is 12.5 Å². The first-order chi connectivity index (χ1) is 6.69. The molecule has 1 fully saturated rings. The number of halogens is 1. The minimum absolute atomic E-state index is 0.282. The summed E-state index contributed by atoms with van der Waals surface area (Å²) in [6.45, 7) is 8.25. The smallest absolute Gasteiger partial charge is 0.223 e. The zero-order valence-corrected chi connectivity index (χ0v) is 10.6. The molecule has 0 radical (unpaired) electrons. The topological polar surface area (TPSA) is 23.6 Å². The predicted molar refractivity (Wildman–Crippen MR) is 61.7 cm³/mol. The molecule has 82 valence electrons. The summed E-state index contributed by atoms with van der Waals surface area (Å²) in [5, 5.41) is 0.772. The van der Waals surface area contributed by atoms with Gasteiger partial charge in [-0.25, -0.2) is 0 Å². The van der Waals surface area contributed by atoms with E-state index in [4.69, 9.17) is 0 Å². The molecule has 4 heteroatoms. The van der Waals surface area contributed by atoms with Gasteiger partial charge in [0.25, 0.3) is 0 Å². The highest BCUT2D eigenvalue weighted by Gasteiger charge is 2.24. The van der Waals surface area contributed by atoms with E-state index in [1.807, 2.05) is 4.90 Å². The molecular formula is C10H19BrN2O. The average Bonchev–Trinajstić information content (AvgIpc) is 2.18. The van der Waals surface area contributed by atoms with Gasteiger partial charge in [0.15, 0.2) is 0 Å². The lowest BCUT2D eigenvalue weighted by molar-refractivity contribution is -0.133. The van der Waals surface area contributed by atoms with Crippen LogP contribution >= 0.6 is 15.9 Å². The molecule has 0 aromatic carbocycles. The minimum Gasteiger partial charge on any atom is -0.340 e. The zero-order chi connectivity index (χ0) is 10.6. The SMILES string of the molecule is CCN1CCN(C(=O)CCBr)CC1C. The lowest BCUT2D eigenvalue weighted by Gasteiger charge is -2.39. The van der Waals surface area contributed by atoms with Gasteiger partial charge in [-0.1, -0.05) is 22.9 Å². The largest absolute Gasteiger partial charge is 0.340 e. The van der Waals surface area contributed by atoms with Gasteiger partial charge in [-0.3, -0.25) is 9.69 Å². The second-order valence-electron chi connectivity index (χ2n) is 3.76. The molecule has 0 aromatic heterocycles. The fraction of sp³-hybridized carbons (Fsp3) is 0.900. The number of likely N-dealkylation sites (N-methyl/N-ethyl adjacent to an activating group) is 1. The van der Waals surface area contributed by atoms with Gasteiger partial charge in [0.05, 0.1) is 0 Å². The van der Waals surface area contributed by atoms with Crippen LogP contribution in [0.3, 0.4) is 0 Å². The van der Waals surface area contributed by atoms with E-state index in [-0.39, 0.29) is 5.91 Å². The van der Waals surface area contributed by atoms with Crippen LogP contribution in [-0.2, 0) is 4.79 Å². The number of alkyl halides is 1. The van der Waals surface area contributed by atoms with Crippen LogP contribution in [0.2, 0.25) is 0 Å². The van der Waals surface area contributed by atoms with Gasteiger partial charge in [0.2, 0.25) is 5.91 Å². The van der Waals surface area contributed by atoms with Crippen LogP contribution < -0.4 is 0 Å². The van der Waals surface area contributed by atoms with E-state index in [2.05, 4.69) is 34.7 Å². The molecule has 1 aliphatic rings. The summed E-state index contributed by atoms with van der Waals surface area (Å²) in [6.07, 6.45) is 0.624. The van der Waals surface area contributed by atoms with Crippen molar-refractivity contribution in [2.45, 2.75) is 26.3 Å². The van der Waals surface area contributed by atoms with E-state index in [0.717, 1.165) is 31.5 Å². The van der Waals surface area contributed by atoms with Crippen molar-refractivity contribution < 1.29 is 4.79 Å². The first-order valence-corrected chi connectivity index (χ1v) is 6.39. The van der Waals surface area contributed by atoms with E-state index >= 15 is 0 Å². The Morgan fingerprint density at radius 3 is 2.71 bits per heavy atom. The van der Waals surface area contributed by atoms with Crippen molar-refractivity contribution in [1.82, 2.24) is 9.80 Å². The summed E-state index contributed by atoms with van der Waals surface area (Å²) in [4.78, 5) is 16.0. The number of carbonyl (C=O) groups is 1. The maximum Gasteiger partial charge on any atom is 0.223 e. The summed E-state index contributed by atoms with van der Waals surface area (Å²) in [7, 11) is 0. The van der Waals surface area contributed by atoms with Crippen LogP contribution in [0, 0.1) is 0 Å². The number of hydrogen-bond acceptors (Lipinski definition) is 2. The Balaban J connectivity index is 2.41. The third-order valence-electron chi connectivity index (χ3n) is 2.83. The van der Waals surface area contributed by atoms with Crippen LogP contribution in [0.5, 0.6) is 0 Å². The van der Waals surface area contributed by atoms with Crippen molar-refractivity contribution in [3.8, 4) is 0 Å². The summed E-state index contributed by atoms with van der Waals surface area (Å²) >= 11 is 3.30. The Morgan fingerprint density at radius 1 is 1.50 bits per heavy atom. The fourth-order valence-electron chi connectivity index (χ4n) is 1.93. The predicted octanol–water partition coefficient (Wildman–Crippen LogP) is 1.32. The van der Waals surface area contributed by atoms with Gasteiger partial charge in [0, 0.05) is 37.4 Å². The van der Waals surface area contributed by atoms with E-state index in [1.165, 1.54) is 0 Å². The number of hydrogen-bond donors (Lipinski definition) is 0.